The predicted molar refractivity (Wildman–Crippen MR) is 137 cm³/mol. The topological polar surface area (TPSA) is 113 Å². The zero-order valence-electron chi connectivity index (χ0n) is 22.0. The first-order valence-corrected chi connectivity index (χ1v) is 12.3. The van der Waals surface area contributed by atoms with Crippen LogP contribution in [0.5, 0.6) is 23.0 Å². The summed E-state index contributed by atoms with van der Waals surface area (Å²) in [5, 5.41) is 11.3. The second kappa shape index (κ2) is 11.3. The minimum Gasteiger partial charge on any atom is -0.493 e. The minimum absolute atomic E-state index is 0.0750. The van der Waals surface area contributed by atoms with Gasteiger partial charge in [-0.15, -0.1) is 0 Å². The zero-order chi connectivity index (χ0) is 28.3. The summed E-state index contributed by atoms with van der Waals surface area (Å²) in [5.74, 6) is -2.13. The van der Waals surface area contributed by atoms with Crippen molar-refractivity contribution in [1.82, 2.24) is 9.88 Å². The molecule has 0 aliphatic carbocycles. The maximum absolute atomic E-state index is 14.4. The number of nitrogens with zero attached hydrogens (tertiary/aromatic N) is 3. The van der Waals surface area contributed by atoms with Crippen LogP contribution in [-0.4, -0.2) is 53.3 Å². The van der Waals surface area contributed by atoms with E-state index in [0.717, 1.165) is 12.8 Å². The Hall–Kier alpha value is -4.22. The lowest BCUT2D eigenvalue weighted by Crippen LogP contribution is -2.42. The SMILES string of the molecule is COc1cc2c(Oc3c(F)cc([N+](=O)[O-])cc3F)ccnc2cc1OCC1CCN(C(=O)OC(C)(C)C)CC1. The molecule has 1 saturated heterocycles. The summed E-state index contributed by atoms with van der Waals surface area (Å²) in [5.41, 5.74) is -0.853. The monoisotopic (exact) mass is 545 g/mol. The Morgan fingerprint density at radius 3 is 2.36 bits per heavy atom. The van der Waals surface area contributed by atoms with Gasteiger partial charge in [-0.25, -0.2) is 13.6 Å². The molecule has 3 aromatic rings. The Kier molecular flexibility index (Phi) is 8.03. The normalized spacial score (nSPS) is 14.3. The molecular weight excluding hydrogens is 516 g/mol. The molecule has 39 heavy (non-hydrogen) atoms. The second-order valence-electron chi connectivity index (χ2n) is 10.1. The maximum Gasteiger partial charge on any atom is 0.410 e. The number of non-ortho nitro benzene ring substituents is 1. The van der Waals surface area contributed by atoms with Crippen LogP contribution in [-0.2, 0) is 4.74 Å². The van der Waals surface area contributed by atoms with Crippen LogP contribution in [0.25, 0.3) is 10.9 Å². The Balaban J connectivity index is 1.47. The van der Waals surface area contributed by atoms with Gasteiger partial charge in [-0.1, -0.05) is 0 Å². The lowest BCUT2D eigenvalue weighted by molar-refractivity contribution is -0.385. The van der Waals surface area contributed by atoms with E-state index in [1.807, 2.05) is 20.8 Å². The van der Waals surface area contributed by atoms with Gasteiger partial charge < -0.3 is 23.8 Å². The number of carbonyl (C=O) groups excluding carboxylic acids is 1. The van der Waals surface area contributed by atoms with Crippen LogP contribution < -0.4 is 14.2 Å². The molecule has 1 amide bonds. The van der Waals surface area contributed by atoms with Crippen molar-refractivity contribution in [2.24, 2.45) is 5.92 Å². The number of amides is 1. The lowest BCUT2D eigenvalue weighted by Gasteiger charge is -2.33. The van der Waals surface area contributed by atoms with E-state index in [0.29, 0.717) is 54.2 Å². The largest absolute Gasteiger partial charge is 0.493 e. The highest BCUT2D eigenvalue weighted by molar-refractivity contribution is 5.88. The number of fused-ring (bicyclic) bond motifs is 1. The number of halogens is 2. The average Bonchev–Trinajstić information content (AvgIpc) is 2.88. The molecule has 2 heterocycles. The summed E-state index contributed by atoms with van der Waals surface area (Å²) >= 11 is 0. The van der Waals surface area contributed by atoms with E-state index >= 15 is 0 Å². The fraction of sp³-hybridized carbons (Fsp3) is 0.407. The molecular formula is C27H29F2N3O7. The first kappa shape index (κ1) is 27.8. The van der Waals surface area contributed by atoms with Crippen molar-refractivity contribution in [3.63, 3.8) is 0 Å². The zero-order valence-corrected chi connectivity index (χ0v) is 22.0. The molecule has 0 saturated carbocycles. The number of hydrogen-bond acceptors (Lipinski definition) is 8. The Bertz CT molecular complexity index is 1360. The highest BCUT2D eigenvalue weighted by Crippen LogP contribution is 2.39. The molecule has 4 rings (SSSR count). The van der Waals surface area contributed by atoms with Crippen molar-refractivity contribution in [2.75, 3.05) is 26.8 Å². The number of methoxy groups -OCH3 is 1. The molecule has 10 nitrogen and oxygen atoms in total. The van der Waals surface area contributed by atoms with Crippen molar-refractivity contribution in [3.8, 4) is 23.0 Å². The average molecular weight is 546 g/mol. The molecule has 208 valence electrons. The summed E-state index contributed by atoms with van der Waals surface area (Å²) in [6.45, 7) is 7.01. The highest BCUT2D eigenvalue weighted by Gasteiger charge is 2.27. The van der Waals surface area contributed by atoms with Gasteiger partial charge in [0.05, 0.1) is 36.3 Å². The molecule has 12 heteroatoms. The van der Waals surface area contributed by atoms with Crippen molar-refractivity contribution in [1.29, 1.82) is 0 Å². The van der Waals surface area contributed by atoms with Crippen LogP contribution in [0.3, 0.4) is 0 Å². The van der Waals surface area contributed by atoms with Gasteiger partial charge in [0.15, 0.2) is 28.9 Å². The van der Waals surface area contributed by atoms with Crippen molar-refractivity contribution in [2.45, 2.75) is 39.2 Å². The summed E-state index contributed by atoms with van der Waals surface area (Å²) in [7, 11) is 1.46. The smallest absolute Gasteiger partial charge is 0.410 e. The first-order chi connectivity index (χ1) is 18.4. The number of aromatic nitrogens is 1. The van der Waals surface area contributed by atoms with Crippen LogP contribution in [0.15, 0.2) is 36.5 Å². The molecule has 0 radical (unpaired) electrons. The summed E-state index contributed by atoms with van der Waals surface area (Å²) in [6, 6.07) is 5.82. The number of pyridine rings is 1. The summed E-state index contributed by atoms with van der Waals surface area (Å²) in [6.07, 6.45) is 2.58. The van der Waals surface area contributed by atoms with Crippen LogP contribution in [0, 0.1) is 27.7 Å². The summed E-state index contributed by atoms with van der Waals surface area (Å²) < 4.78 is 51.3. The van der Waals surface area contributed by atoms with Crippen LogP contribution in [0.1, 0.15) is 33.6 Å². The quantitative estimate of drug-likeness (QED) is 0.253. The summed E-state index contributed by atoms with van der Waals surface area (Å²) in [4.78, 5) is 28.3. The lowest BCUT2D eigenvalue weighted by atomic mass is 9.98. The number of hydrogen-bond donors (Lipinski definition) is 0. The van der Waals surface area contributed by atoms with E-state index in [4.69, 9.17) is 18.9 Å². The molecule has 1 aliphatic rings. The predicted octanol–water partition coefficient (Wildman–Crippen LogP) is 6.25. The fourth-order valence-corrected chi connectivity index (χ4v) is 4.17. The number of piperidine rings is 1. The van der Waals surface area contributed by atoms with E-state index in [9.17, 15) is 23.7 Å². The minimum atomic E-state index is -1.21. The van der Waals surface area contributed by atoms with Crippen molar-refractivity contribution >= 4 is 22.7 Å². The molecule has 0 atom stereocenters. The van der Waals surface area contributed by atoms with Crippen molar-refractivity contribution < 1.29 is 37.4 Å². The number of ether oxygens (including phenoxy) is 4. The molecule has 1 aliphatic heterocycles. The van der Waals surface area contributed by atoms with Crippen LogP contribution >= 0.6 is 0 Å². The number of rotatable bonds is 7. The van der Waals surface area contributed by atoms with Gasteiger partial charge in [0.1, 0.15) is 11.4 Å². The molecule has 1 aromatic heterocycles. The van der Waals surface area contributed by atoms with E-state index in [1.165, 1.54) is 19.4 Å². The van der Waals surface area contributed by atoms with Crippen molar-refractivity contribution in [3.05, 3.63) is 58.3 Å². The Morgan fingerprint density at radius 1 is 1.10 bits per heavy atom. The van der Waals surface area contributed by atoms with E-state index < -0.39 is 33.6 Å². The molecule has 1 fully saturated rings. The van der Waals surface area contributed by atoms with E-state index in [1.54, 1.807) is 17.0 Å². The molecule has 2 aromatic carbocycles. The fourth-order valence-electron chi connectivity index (χ4n) is 4.17. The third-order valence-electron chi connectivity index (χ3n) is 6.13. The third-order valence-corrected chi connectivity index (χ3v) is 6.13. The third kappa shape index (κ3) is 6.62. The molecule has 0 bridgehead atoms. The maximum atomic E-state index is 14.4. The molecule has 0 spiro atoms. The second-order valence-corrected chi connectivity index (χ2v) is 10.1. The Morgan fingerprint density at radius 2 is 1.77 bits per heavy atom. The number of nitro benzene ring substituents is 1. The van der Waals surface area contributed by atoms with E-state index in [2.05, 4.69) is 4.98 Å². The number of carbonyl (C=O) groups is 1. The first-order valence-electron chi connectivity index (χ1n) is 12.3. The van der Waals surface area contributed by atoms with Crippen LogP contribution in [0.4, 0.5) is 19.3 Å². The standard InChI is InChI=1S/C27H29F2N3O7/c1-27(2,3)39-26(33)31-9-6-16(7-10-31)15-37-24-14-21-18(13-23(24)36-4)22(5-8-30-21)38-25-19(28)11-17(32(34)35)12-20(25)29/h5,8,11-14,16H,6-7,9-10,15H2,1-4H3. The number of likely N-dealkylation sites (tertiary alicyclic amines) is 1. The van der Waals surface area contributed by atoms with Gasteiger partial charge in [-0.3, -0.25) is 15.1 Å². The van der Waals surface area contributed by atoms with Gasteiger partial charge in [0.25, 0.3) is 5.69 Å². The van der Waals surface area contributed by atoms with Gasteiger partial charge >= 0.3 is 6.09 Å². The van der Waals surface area contributed by atoms with Gasteiger partial charge in [0.2, 0.25) is 0 Å². The van der Waals surface area contributed by atoms with Crippen LogP contribution in [0.2, 0.25) is 0 Å². The van der Waals surface area contributed by atoms with E-state index in [-0.39, 0.29) is 17.8 Å². The highest BCUT2D eigenvalue weighted by atomic mass is 19.1. The molecule has 0 unspecified atom stereocenters. The number of nitro groups is 1. The van der Waals surface area contributed by atoms with Gasteiger partial charge in [0, 0.05) is 30.7 Å². The van der Waals surface area contributed by atoms with Gasteiger partial charge in [-0.05, 0) is 51.7 Å². The Labute approximate surface area is 223 Å². The van der Waals surface area contributed by atoms with Gasteiger partial charge in [-0.2, -0.15) is 0 Å². The number of benzene rings is 2. The molecule has 0 N–H and O–H groups in total.